The van der Waals surface area contributed by atoms with Gasteiger partial charge >= 0.3 is 0 Å². The van der Waals surface area contributed by atoms with Gasteiger partial charge in [-0.15, -0.1) is 0 Å². The fraction of sp³-hybridized carbons (Fsp3) is 0.143. The normalized spacial score (nSPS) is 12.3. The SMILES string of the molecule is CC(=O)c1ccc(Oc2ccc3c(c2)OCO3)nc1. The minimum absolute atomic E-state index is 0.0258. The third kappa shape index (κ3) is 2.35. The number of ether oxygens (including phenoxy) is 3. The molecule has 1 aromatic heterocycles. The highest BCUT2D eigenvalue weighted by molar-refractivity contribution is 5.93. The van der Waals surface area contributed by atoms with Crippen molar-refractivity contribution >= 4 is 5.78 Å². The molecule has 0 N–H and O–H groups in total. The molecule has 0 fully saturated rings. The maximum absolute atomic E-state index is 11.1. The van der Waals surface area contributed by atoms with E-state index in [2.05, 4.69) is 4.98 Å². The van der Waals surface area contributed by atoms with Crippen LogP contribution in [0.1, 0.15) is 17.3 Å². The number of carbonyl (C=O) groups is 1. The molecule has 0 bridgehead atoms. The van der Waals surface area contributed by atoms with E-state index in [-0.39, 0.29) is 12.6 Å². The summed E-state index contributed by atoms with van der Waals surface area (Å²) in [4.78, 5) is 15.2. The van der Waals surface area contributed by atoms with Crippen LogP contribution < -0.4 is 14.2 Å². The van der Waals surface area contributed by atoms with Crippen LogP contribution >= 0.6 is 0 Å². The molecule has 0 spiro atoms. The molecule has 2 aromatic rings. The van der Waals surface area contributed by atoms with Gasteiger partial charge in [0, 0.05) is 23.9 Å². The summed E-state index contributed by atoms with van der Waals surface area (Å²) in [5.41, 5.74) is 0.554. The van der Waals surface area contributed by atoms with Crippen LogP contribution in [0.25, 0.3) is 0 Å². The fourth-order valence-electron chi connectivity index (χ4n) is 1.71. The molecule has 0 unspecified atom stereocenters. The van der Waals surface area contributed by atoms with Crippen LogP contribution in [-0.2, 0) is 0 Å². The van der Waals surface area contributed by atoms with Gasteiger partial charge in [-0.05, 0) is 25.1 Å². The first-order valence-corrected chi connectivity index (χ1v) is 5.77. The molecule has 0 atom stereocenters. The minimum atomic E-state index is -0.0258. The van der Waals surface area contributed by atoms with Crippen LogP contribution in [0, 0.1) is 0 Å². The van der Waals surface area contributed by atoms with Crippen molar-refractivity contribution in [3.63, 3.8) is 0 Å². The van der Waals surface area contributed by atoms with Crippen molar-refractivity contribution in [1.29, 1.82) is 0 Å². The van der Waals surface area contributed by atoms with E-state index < -0.39 is 0 Å². The van der Waals surface area contributed by atoms with Crippen LogP contribution in [0.5, 0.6) is 23.1 Å². The number of hydrogen-bond donors (Lipinski definition) is 0. The Morgan fingerprint density at radius 2 is 2.05 bits per heavy atom. The lowest BCUT2D eigenvalue weighted by Crippen LogP contribution is -1.94. The number of Topliss-reactive ketones (excluding diaryl/α,β-unsaturated/α-hetero) is 1. The molecule has 19 heavy (non-hydrogen) atoms. The second-order valence-electron chi connectivity index (χ2n) is 4.06. The number of nitrogens with zero attached hydrogens (tertiary/aromatic N) is 1. The first-order valence-electron chi connectivity index (χ1n) is 5.77. The van der Waals surface area contributed by atoms with Crippen LogP contribution in [0.4, 0.5) is 0 Å². The molecule has 1 aliphatic heterocycles. The third-order valence-electron chi connectivity index (χ3n) is 2.71. The van der Waals surface area contributed by atoms with Gasteiger partial charge in [0.05, 0.1) is 0 Å². The quantitative estimate of drug-likeness (QED) is 0.791. The standard InChI is InChI=1S/C14H11NO4/c1-9(16)10-2-5-14(15-7-10)19-11-3-4-12-13(6-11)18-8-17-12/h2-7H,8H2,1H3. The smallest absolute Gasteiger partial charge is 0.231 e. The molecule has 0 radical (unpaired) electrons. The van der Waals surface area contributed by atoms with Gasteiger partial charge in [0.25, 0.3) is 0 Å². The van der Waals surface area contributed by atoms with Crippen LogP contribution in [0.2, 0.25) is 0 Å². The van der Waals surface area contributed by atoms with Crippen LogP contribution in [-0.4, -0.2) is 17.6 Å². The average molecular weight is 257 g/mol. The Balaban J connectivity index is 1.79. The van der Waals surface area contributed by atoms with E-state index in [1.165, 1.54) is 13.1 Å². The van der Waals surface area contributed by atoms with Gasteiger partial charge < -0.3 is 14.2 Å². The summed E-state index contributed by atoms with van der Waals surface area (Å²) in [6.07, 6.45) is 1.49. The Kier molecular flexibility index (Phi) is 2.79. The molecular formula is C14H11NO4. The molecular weight excluding hydrogens is 246 g/mol. The molecule has 0 saturated carbocycles. The van der Waals surface area contributed by atoms with Crippen molar-refractivity contribution in [3.05, 3.63) is 42.1 Å². The van der Waals surface area contributed by atoms with E-state index in [1.807, 2.05) is 0 Å². The summed E-state index contributed by atoms with van der Waals surface area (Å²) in [5, 5.41) is 0. The second-order valence-corrected chi connectivity index (χ2v) is 4.06. The molecule has 0 saturated heterocycles. The number of benzene rings is 1. The monoisotopic (exact) mass is 257 g/mol. The first kappa shape index (κ1) is 11.5. The van der Waals surface area contributed by atoms with Gasteiger partial charge in [-0.2, -0.15) is 0 Å². The van der Waals surface area contributed by atoms with Crippen molar-refractivity contribution in [2.24, 2.45) is 0 Å². The van der Waals surface area contributed by atoms with E-state index in [4.69, 9.17) is 14.2 Å². The number of carbonyl (C=O) groups excluding carboxylic acids is 1. The predicted octanol–water partition coefficient (Wildman–Crippen LogP) is 2.81. The van der Waals surface area contributed by atoms with Crippen molar-refractivity contribution in [1.82, 2.24) is 4.98 Å². The van der Waals surface area contributed by atoms with Crippen molar-refractivity contribution in [2.75, 3.05) is 6.79 Å². The summed E-state index contributed by atoms with van der Waals surface area (Å²) in [5.74, 6) is 2.35. The predicted molar refractivity (Wildman–Crippen MR) is 66.9 cm³/mol. The van der Waals surface area contributed by atoms with Crippen molar-refractivity contribution in [3.8, 4) is 23.1 Å². The topological polar surface area (TPSA) is 57.7 Å². The Bertz CT molecular complexity index is 622. The summed E-state index contributed by atoms with van der Waals surface area (Å²) in [7, 11) is 0. The molecule has 1 aromatic carbocycles. The third-order valence-corrected chi connectivity index (χ3v) is 2.71. The molecule has 0 aliphatic carbocycles. The molecule has 5 nitrogen and oxygen atoms in total. The zero-order valence-corrected chi connectivity index (χ0v) is 10.3. The van der Waals surface area contributed by atoms with Gasteiger partial charge in [-0.1, -0.05) is 0 Å². The van der Waals surface area contributed by atoms with Gasteiger partial charge in [0.2, 0.25) is 12.7 Å². The summed E-state index contributed by atoms with van der Waals surface area (Å²) < 4.78 is 16.1. The molecule has 0 amide bonds. The maximum Gasteiger partial charge on any atom is 0.231 e. The molecule has 3 rings (SSSR count). The Hall–Kier alpha value is -2.56. The summed E-state index contributed by atoms with van der Waals surface area (Å²) in [6.45, 7) is 1.72. The highest BCUT2D eigenvalue weighted by atomic mass is 16.7. The number of rotatable bonds is 3. The fourth-order valence-corrected chi connectivity index (χ4v) is 1.71. The van der Waals surface area contributed by atoms with Gasteiger partial charge in [-0.25, -0.2) is 4.98 Å². The first-order chi connectivity index (χ1) is 9.22. The van der Waals surface area contributed by atoms with Crippen LogP contribution in [0.15, 0.2) is 36.5 Å². The molecule has 5 heteroatoms. The number of fused-ring (bicyclic) bond motifs is 1. The maximum atomic E-state index is 11.1. The Morgan fingerprint density at radius 3 is 2.79 bits per heavy atom. The summed E-state index contributed by atoms with van der Waals surface area (Å²) >= 11 is 0. The lowest BCUT2D eigenvalue weighted by molar-refractivity contribution is 0.101. The zero-order valence-electron chi connectivity index (χ0n) is 10.3. The number of pyridine rings is 1. The van der Waals surface area contributed by atoms with Crippen molar-refractivity contribution in [2.45, 2.75) is 6.92 Å². The number of ketones is 1. The highest BCUT2D eigenvalue weighted by Crippen LogP contribution is 2.36. The molecule has 2 heterocycles. The van der Waals surface area contributed by atoms with Crippen LogP contribution in [0.3, 0.4) is 0 Å². The molecule has 96 valence electrons. The lowest BCUT2D eigenvalue weighted by Gasteiger charge is -2.05. The highest BCUT2D eigenvalue weighted by Gasteiger charge is 2.14. The minimum Gasteiger partial charge on any atom is -0.454 e. The van der Waals surface area contributed by atoms with E-state index in [9.17, 15) is 4.79 Å². The Labute approximate surface area is 109 Å². The number of hydrogen-bond acceptors (Lipinski definition) is 5. The van der Waals surface area contributed by atoms with E-state index in [0.29, 0.717) is 28.7 Å². The zero-order chi connectivity index (χ0) is 13.2. The second kappa shape index (κ2) is 4.61. The Morgan fingerprint density at radius 1 is 1.21 bits per heavy atom. The van der Waals surface area contributed by atoms with Gasteiger partial charge in [-0.3, -0.25) is 4.79 Å². The number of aromatic nitrogens is 1. The van der Waals surface area contributed by atoms with Gasteiger partial charge in [0.15, 0.2) is 17.3 Å². The van der Waals surface area contributed by atoms with Crippen molar-refractivity contribution < 1.29 is 19.0 Å². The van der Waals surface area contributed by atoms with E-state index >= 15 is 0 Å². The lowest BCUT2D eigenvalue weighted by atomic mass is 10.2. The van der Waals surface area contributed by atoms with E-state index in [0.717, 1.165) is 0 Å². The molecule has 1 aliphatic rings. The largest absolute Gasteiger partial charge is 0.454 e. The van der Waals surface area contributed by atoms with E-state index in [1.54, 1.807) is 30.3 Å². The summed E-state index contributed by atoms with van der Waals surface area (Å²) in [6, 6.07) is 8.62. The van der Waals surface area contributed by atoms with Gasteiger partial charge in [0.1, 0.15) is 5.75 Å². The average Bonchev–Trinajstić information content (AvgIpc) is 2.87.